The maximum absolute atomic E-state index is 14.3. The van der Waals surface area contributed by atoms with Crippen LogP contribution in [0.15, 0.2) is 41.3 Å². The van der Waals surface area contributed by atoms with E-state index in [9.17, 15) is 31.6 Å². The molecule has 10 heteroatoms. The molecule has 0 unspecified atom stereocenters. The van der Waals surface area contributed by atoms with E-state index in [2.05, 4.69) is 4.84 Å². The van der Waals surface area contributed by atoms with Crippen LogP contribution in [0.4, 0.5) is 8.78 Å². The molecule has 26 heavy (non-hydrogen) atoms. The molecule has 3 rings (SSSR count). The number of carbonyl (C=O) groups excluding carboxylic acids is 3. The topological polar surface area (TPSA) is 97.8 Å². The molecule has 0 aromatic heterocycles. The summed E-state index contributed by atoms with van der Waals surface area (Å²) in [7, 11) is -4.10. The number of halogens is 2. The predicted molar refractivity (Wildman–Crippen MR) is 81.8 cm³/mol. The van der Waals surface area contributed by atoms with Gasteiger partial charge in [-0.25, -0.2) is 22.0 Å². The second kappa shape index (κ2) is 5.99. The second-order valence-electron chi connectivity index (χ2n) is 5.34. The molecule has 1 aliphatic rings. The third kappa shape index (κ3) is 2.73. The summed E-state index contributed by atoms with van der Waals surface area (Å²) < 4.78 is 51.2. The van der Waals surface area contributed by atoms with E-state index in [1.807, 2.05) is 0 Å². The molecule has 0 atom stereocenters. The van der Waals surface area contributed by atoms with Gasteiger partial charge in [0.2, 0.25) is 0 Å². The molecule has 2 amide bonds. The van der Waals surface area contributed by atoms with E-state index in [1.165, 1.54) is 24.3 Å². The lowest BCUT2D eigenvalue weighted by Gasteiger charge is -2.14. The van der Waals surface area contributed by atoms with Crippen molar-refractivity contribution in [2.45, 2.75) is 4.90 Å². The van der Waals surface area contributed by atoms with Gasteiger partial charge in [0.1, 0.15) is 16.3 Å². The van der Waals surface area contributed by atoms with Gasteiger partial charge in [-0.2, -0.15) is 0 Å². The minimum absolute atomic E-state index is 0.0452. The Morgan fingerprint density at radius 2 is 1.54 bits per heavy atom. The Hall–Kier alpha value is -3.14. The number of rotatable bonds is 3. The highest BCUT2D eigenvalue weighted by atomic mass is 32.2. The van der Waals surface area contributed by atoms with Crippen molar-refractivity contribution in [3.63, 3.8) is 0 Å². The number of carbonyl (C=O) groups is 3. The van der Waals surface area contributed by atoms with Gasteiger partial charge in [0.25, 0.3) is 11.8 Å². The van der Waals surface area contributed by atoms with Crippen LogP contribution in [-0.4, -0.2) is 37.5 Å². The molecule has 2 aromatic rings. The third-order valence-corrected chi connectivity index (χ3v) is 4.70. The SMILES string of the molecule is CS(=O)(=O)c1ccc(F)c(C(=O)ON2C(=O)c3ccccc3C2=O)c1F. The second-order valence-corrected chi connectivity index (χ2v) is 7.32. The van der Waals surface area contributed by atoms with Crippen LogP contribution in [0.1, 0.15) is 31.1 Å². The number of amides is 2. The Morgan fingerprint density at radius 3 is 2.04 bits per heavy atom. The van der Waals surface area contributed by atoms with Crippen molar-refractivity contribution >= 4 is 27.6 Å². The number of hydrogen-bond donors (Lipinski definition) is 0. The molecule has 0 saturated carbocycles. The normalized spacial score (nSPS) is 13.7. The largest absolute Gasteiger partial charge is 0.369 e. The summed E-state index contributed by atoms with van der Waals surface area (Å²) in [6.07, 6.45) is 0.669. The van der Waals surface area contributed by atoms with E-state index in [0.717, 1.165) is 0 Å². The number of hydroxylamine groups is 2. The quantitative estimate of drug-likeness (QED) is 0.593. The Morgan fingerprint density at radius 1 is 1.00 bits per heavy atom. The molecule has 0 aliphatic carbocycles. The average Bonchev–Trinajstić information content (AvgIpc) is 2.79. The molecule has 2 aromatic carbocycles. The van der Waals surface area contributed by atoms with Crippen LogP contribution in [0.25, 0.3) is 0 Å². The highest BCUT2D eigenvalue weighted by Gasteiger charge is 2.40. The fraction of sp³-hybridized carbons (Fsp3) is 0.0625. The Kier molecular flexibility index (Phi) is 4.07. The zero-order valence-electron chi connectivity index (χ0n) is 13.0. The Labute approximate surface area is 145 Å². The van der Waals surface area contributed by atoms with E-state index in [4.69, 9.17) is 0 Å². The van der Waals surface area contributed by atoms with Gasteiger partial charge in [-0.1, -0.05) is 17.2 Å². The lowest BCUT2D eigenvalue weighted by Crippen LogP contribution is -2.33. The smallest absolute Gasteiger partial charge is 0.324 e. The number of imide groups is 1. The van der Waals surface area contributed by atoms with Gasteiger partial charge in [0, 0.05) is 6.26 Å². The monoisotopic (exact) mass is 381 g/mol. The first-order chi connectivity index (χ1) is 12.1. The van der Waals surface area contributed by atoms with E-state index in [-0.39, 0.29) is 16.2 Å². The van der Waals surface area contributed by atoms with E-state index < -0.39 is 49.7 Å². The van der Waals surface area contributed by atoms with Gasteiger partial charge in [0.05, 0.1) is 11.1 Å². The lowest BCUT2D eigenvalue weighted by atomic mass is 10.1. The van der Waals surface area contributed by atoms with Crippen LogP contribution in [0, 0.1) is 11.6 Å². The van der Waals surface area contributed by atoms with Crippen molar-refractivity contribution in [2.24, 2.45) is 0 Å². The fourth-order valence-electron chi connectivity index (χ4n) is 2.39. The lowest BCUT2D eigenvalue weighted by molar-refractivity contribution is -0.0591. The zero-order valence-corrected chi connectivity index (χ0v) is 13.8. The van der Waals surface area contributed by atoms with Crippen LogP contribution < -0.4 is 0 Å². The summed E-state index contributed by atoms with van der Waals surface area (Å²) in [6, 6.07) is 6.80. The van der Waals surface area contributed by atoms with Crippen LogP contribution in [0.3, 0.4) is 0 Å². The standard InChI is InChI=1S/C16H9F2NO6S/c1-26(23,24)11-7-6-10(17)12(13(11)18)16(22)25-19-14(20)8-4-2-3-5-9(8)15(19)21/h2-7H,1H3. The molecular formula is C16H9F2NO6S. The fourth-order valence-corrected chi connectivity index (χ4v) is 3.13. The molecule has 0 saturated heterocycles. The summed E-state index contributed by atoms with van der Waals surface area (Å²) in [4.78, 5) is 40.0. The predicted octanol–water partition coefficient (Wildman–Crippen LogP) is 1.74. The van der Waals surface area contributed by atoms with Crippen molar-refractivity contribution < 1.29 is 36.4 Å². The van der Waals surface area contributed by atoms with Crippen molar-refractivity contribution in [1.29, 1.82) is 0 Å². The number of benzene rings is 2. The summed E-state index contributed by atoms with van der Waals surface area (Å²) in [5.74, 6) is -6.77. The highest BCUT2D eigenvalue weighted by Crippen LogP contribution is 2.26. The van der Waals surface area contributed by atoms with Crippen molar-refractivity contribution in [3.8, 4) is 0 Å². The van der Waals surface area contributed by atoms with Gasteiger partial charge in [-0.15, -0.1) is 0 Å². The summed E-state index contributed by atoms with van der Waals surface area (Å²) >= 11 is 0. The van der Waals surface area contributed by atoms with Crippen molar-refractivity contribution in [1.82, 2.24) is 5.06 Å². The maximum Gasteiger partial charge on any atom is 0.369 e. The summed E-state index contributed by atoms with van der Waals surface area (Å²) in [6.45, 7) is 0. The molecule has 0 spiro atoms. The van der Waals surface area contributed by atoms with Gasteiger partial charge >= 0.3 is 5.97 Å². The van der Waals surface area contributed by atoms with Crippen LogP contribution >= 0.6 is 0 Å². The van der Waals surface area contributed by atoms with Gasteiger partial charge in [-0.3, -0.25) is 9.59 Å². The molecule has 134 valence electrons. The molecule has 0 radical (unpaired) electrons. The minimum Gasteiger partial charge on any atom is -0.324 e. The number of hydrogen-bond acceptors (Lipinski definition) is 6. The molecular weight excluding hydrogens is 372 g/mol. The van der Waals surface area contributed by atoms with Crippen LogP contribution in [0.5, 0.6) is 0 Å². The van der Waals surface area contributed by atoms with Crippen molar-refractivity contribution in [3.05, 3.63) is 64.7 Å². The summed E-state index contributed by atoms with van der Waals surface area (Å²) in [5.41, 5.74) is -1.42. The van der Waals surface area contributed by atoms with Gasteiger partial charge in [-0.05, 0) is 24.3 Å². The van der Waals surface area contributed by atoms with E-state index in [1.54, 1.807) is 0 Å². The van der Waals surface area contributed by atoms with Crippen LogP contribution in [-0.2, 0) is 14.7 Å². The number of sulfone groups is 1. The Balaban J connectivity index is 1.98. The first-order valence-corrected chi connectivity index (χ1v) is 8.90. The first kappa shape index (κ1) is 17.7. The highest BCUT2D eigenvalue weighted by molar-refractivity contribution is 7.90. The van der Waals surface area contributed by atoms with Gasteiger partial charge in [0.15, 0.2) is 15.7 Å². The van der Waals surface area contributed by atoms with Gasteiger partial charge < -0.3 is 4.84 Å². The Bertz CT molecular complexity index is 1050. The van der Waals surface area contributed by atoms with E-state index in [0.29, 0.717) is 18.4 Å². The number of fused-ring (bicyclic) bond motifs is 1. The van der Waals surface area contributed by atoms with Crippen LogP contribution in [0.2, 0.25) is 0 Å². The zero-order chi connectivity index (χ0) is 19.2. The molecule has 0 N–H and O–H groups in total. The summed E-state index contributed by atoms with van der Waals surface area (Å²) in [5, 5.41) is 0.0685. The average molecular weight is 381 g/mol. The minimum atomic E-state index is -4.10. The third-order valence-electron chi connectivity index (χ3n) is 3.59. The van der Waals surface area contributed by atoms with E-state index >= 15 is 0 Å². The molecule has 0 bridgehead atoms. The number of nitrogens with zero attached hydrogens (tertiary/aromatic N) is 1. The van der Waals surface area contributed by atoms with Crippen molar-refractivity contribution in [2.75, 3.05) is 6.26 Å². The molecule has 7 nitrogen and oxygen atoms in total. The molecule has 0 fully saturated rings. The molecule has 1 aliphatic heterocycles. The maximum atomic E-state index is 14.3. The first-order valence-electron chi connectivity index (χ1n) is 7.01. The molecule has 1 heterocycles.